The SMILES string of the molecule is CNC(c1ccc(C(F)(F)F)c(F)c1)c1cn(C)nc1C. The van der Waals surface area contributed by atoms with Crippen molar-refractivity contribution in [3.63, 3.8) is 0 Å². The minimum absolute atomic E-state index is 0.416. The number of rotatable bonds is 3. The number of aromatic nitrogens is 2. The molecule has 1 N–H and O–H groups in total. The van der Waals surface area contributed by atoms with Crippen molar-refractivity contribution in [3.05, 3.63) is 52.6 Å². The number of nitrogens with one attached hydrogen (secondary N) is 1. The Morgan fingerprint density at radius 3 is 2.38 bits per heavy atom. The van der Waals surface area contributed by atoms with Gasteiger partial charge in [0.15, 0.2) is 0 Å². The van der Waals surface area contributed by atoms with E-state index in [2.05, 4.69) is 10.4 Å². The molecule has 0 aliphatic carbocycles. The van der Waals surface area contributed by atoms with Gasteiger partial charge in [0.2, 0.25) is 0 Å². The van der Waals surface area contributed by atoms with Crippen LogP contribution in [0.4, 0.5) is 17.6 Å². The van der Waals surface area contributed by atoms with Gasteiger partial charge < -0.3 is 5.32 Å². The molecule has 0 bridgehead atoms. The molecule has 1 atom stereocenters. The summed E-state index contributed by atoms with van der Waals surface area (Å²) in [6, 6.07) is 2.53. The molecule has 114 valence electrons. The van der Waals surface area contributed by atoms with Crippen LogP contribution in [0.3, 0.4) is 0 Å². The first kappa shape index (κ1) is 15.5. The molecule has 1 unspecified atom stereocenters. The van der Waals surface area contributed by atoms with Gasteiger partial charge in [0.1, 0.15) is 5.82 Å². The molecular formula is C14H15F4N3. The molecule has 0 aliphatic rings. The predicted molar refractivity (Wildman–Crippen MR) is 70.2 cm³/mol. The summed E-state index contributed by atoms with van der Waals surface area (Å²) in [5.74, 6) is -1.28. The van der Waals surface area contributed by atoms with Crippen LogP contribution in [0.15, 0.2) is 24.4 Å². The van der Waals surface area contributed by atoms with E-state index < -0.39 is 23.6 Å². The number of hydrogen-bond donors (Lipinski definition) is 1. The normalized spacial score (nSPS) is 13.5. The number of nitrogens with zero attached hydrogens (tertiary/aromatic N) is 2. The first-order chi connectivity index (χ1) is 9.74. The summed E-state index contributed by atoms with van der Waals surface area (Å²) in [6.07, 6.45) is -2.94. The average molecular weight is 301 g/mol. The van der Waals surface area contributed by atoms with Gasteiger partial charge in [-0.3, -0.25) is 4.68 Å². The Morgan fingerprint density at radius 1 is 1.29 bits per heavy atom. The fourth-order valence-electron chi connectivity index (χ4n) is 2.34. The Labute approximate surface area is 119 Å². The van der Waals surface area contributed by atoms with Crippen LogP contribution in [-0.4, -0.2) is 16.8 Å². The zero-order valence-corrected chi connectivity index (χ0v) is 11.8. The summed E-state index contributed by atoms with van der Waals surface area (Å²) in [4.78, 5) is 0. The van der Waals surface area contributed by atoms with E-state index in [1.54, 1.807) is 31.9 Å². The quantitative estimate of drug-likeness (QED) is 0.882. The number of aryl methyl sites for hydroxylation is 2. The summed E-state index contributed by atoms with van der Waals surface area (Å²) >= 11 is 0. The van der Waals surface area contributed by atoms with Gasteiger partial charge in [-0.2, -0.15) is 18.3 Å². The van der Waals surface area contributed by atoms with Gasteiger partial charge in [0, 0.05) is 18.8 Å². The molecule has 0 aliphatic heterocycles. The maximum absolute atomic E-state index is 13.7. The third-order valence-electron chi connectivity index (χ3n) is 3.28. The zero-order valence-electron chi connectivity index (χ0n) is 11.8. The first-order valence-electron chi connectivity index (χ1n) is 6.28. The van der Waals surface area contributed by atoms with Gasteiger partial charge in [-0.15, -0.1) is 0 Å². The van der Waals surface area contributed by atoms with E-state index in [1.807, 2.05) is 0 Å². The van der Waals surface area contributed by atoms with Crippen LogP contribution in [0.1, 0.15) is 28.4 Å². The molecular weight excluding hydrogens is 286 g/mol. The van der Waals surface area contributed by atoms with Crippen molar-refractivity contribution < 1.29 is 17.6 Å². The van der Waals surface area contributed by atoms with Crippen LogP contribution < -0.4 is 5.32 Å². The summed E-state index contributed by atoms with van der Waals surface area (Å²) in [6.45, 7) is 1.79. The molecule has 0 saturated heterocycles. The van der Waals surface area contributed by atoms with Crippen molar-refractivity contribution in [2.24, 2.45) is 7.05 Å². The highest BCUT2D eigenvalue weighted by Gasteiger charge is 2.34. The van der Waals surface area contributed by atoms with Crippen LogP contribution in [0.5, 0.6) is 0 Å². The smallest absolute Gasteiger partial charge is 0.309 e. The Bertz CT molecular complexity index is 646. The lowest BCUT2D eigenvalue weighted by Crippen LogP contribution is -2.19. The molecule has 0 saturated carbocycles. The fourth-order valence-corrected chi connectivity index (χ4v) is 2.34. The Kier molecular flexibility index (Phi) is 4.04. The first-order valence-corrected chi connectivity index (χ1v) is 6.28. The number of benzene rings is 1. The lowest BCUT2D eigenvalue weighted by Gasteiger charge is -2.17. The number of halogens is 4. The van der Waals surface area contributed by atoms with Gasteiger partial charge in [-0.1, -0.05) is 6.07 Å². The largest absolute Gasteiger partial charge is 0.419 e. The fraction of sp³-hybridized carbons (Fsp3) is 0.357. The molecule has 0 radical (unpaired) electrons. The van der Waals surface area contributed by atoms with Crippen LogP contribution in [0.2, 0.25) is 0 Å². The third kappa shape index (κ3) is 3.07. The summed E-state index contributed by atoms with van der Waals surface area (Å²) in [5, 5.41) is 7.16. The third-order valence-corrected chi connectivity index (χ3v) is 3.28. The molecule has 3 nitrogen and oxygen atoms in total. The van der Waals surface area contributed by atoms with Gasteiger partial charge in [0.05, 0.1) is 17.3 Å². The van der Waals surface area contributed by atoms with Crippen molar-refractivity contribution in [2.45, 2.75) is 19.1 Å². The lowest BCUT2D eigenvalue weighted by atomic mass is 9.98. The second-order valence-electron chi connectivity index (χ2n) is 4.80. The molecule has 7 heteroatoms. The average Bonchev–Trinajstić information content (AvgIpc) is 2.68. The van der Waals surface area contributed by atoms with Crippen LogP contribution in [0.25, 0.3) is 0 Å². The van der Waals surface area contributed by atoms with E-state index in [1.165, 1.54) is 6.07 Å². The predicted octanol–water partition coefficient (Wildman–Crippen LogP) is 3.20. The molecule has 0 fully saturated rings. The highest BCUT2D eigenvalue weighted by molar-refractivity contribution is 5.35. The Morgan fingerprint density at radius 2 is 1.95 bits per heavy atom. The minimum atomic E-state index is -4.69. The second kappa shape index (κ2) is 5.48. The van der Waals surface area contributed by atoms with E-state index in [-0.39, 0.29) is 0 Å². The van der Waals surface area contributed by atoms with Crippen LogP contribution >= 0.6 is 0 Å². The highest BCUT2D eigenvalue weighted by Crippen LogP contribution is 2.33. The molecule has 1 heterocycles. The van der Waals surface area contributed by atoms with Gasteiger partial charge in [-0.25, -0.2) is 4.39 Å². The second-order valence-corrected chi connectivity index (χ2v) is 4.80. The molecule has 0 amide bonds. The number of hydrogen-bond acceptors (Lipinski definition) is 2. The van der Waals surface area contributed by atoms with Gasteiger partial charge in [-0.05, 0) is 31.7 Å². The lowest BCUT2D eigenvalue weighted by molar-refractivity contribution is -0.140. The topological polar surface area (TPSA) is 29.9 Å². The monoisotopic (exact) mass is 301 g/mol. The minimum Gasteiger partial charge on any atom is -0.309 e. The van der Waals surface area contributed by atoms with Gasteiger partial charge in [0.25, 0.3) is 0 Å². The van der Waals surface area contributed by atoms with Crippen molar-refractivity contribution in [2.75, 3.05) is 7.05 Å². The van der Waals surface area contributed by atoms with E-state index in [0.29, 0.717) is 5.56 Å². The van der Waals surface area contributed by atoms with Crippen molar-refractivity contribution in [1.82, 2.24) is 15.1 Å². The van der Waals surface area contributed by atoms with E-state index in [9.17, 15) is 17.6 Å². The highest BCUT2D eigenvalue weighted by atomic mass is 19.4. The summed E-state index contributed by atoms with van der Waals surface area (Å²) in [5.41, 5.74) is 0.680. The molecule has 0 spiro atoms. The molecule has 2 aromatic rings. The van der Waals surface area contributed by atoms with Crippen LogP contribution in [-0.2, 0) is 13.2 Å². The van der Waals surface area contributed by atoms with Crippen molar-refractivity contribution >= 4 is 0 Å². The van der Waals surface area contributed by atoms with E-state index in [0.717, 1.165) is 23.4 Å². The molecule has 21 heavy (non-hydrogen) atoms. The van der Waals surface area contributed by atoms with Crippen molar-refractivity contribution in [1.29, 1.82) is 0 Å². The molecule has 1 aromatic heterocycles. The van der Waals surface area contributed by atoms with Crippen molar-refractivity contribution in [3.8, 4) is 0 Å². The Balaban J connectivity index is 2.45. The zero-order chi connectivity index (χ0) is 15.8. The van der Waals surface area contributed by atoms with E-state index >= 15 is 0 Å². The maximum Gasteiger partial charge on any atom is 0.419 e. The van der Waals surface area contributed by atoms with E-state index in [4.69, 9.17) is 0 Å². The summed E-state index contributed by atoms with van der Waals surface area (Å²) in [7, 11) is 3.41. The Hall–Kier alpha value is -1.89. The maximum atomic E-state index is 13.7. The molecule has 2 rings (SSSR count). The molecule has 1 aromatic carbocycles. The summed E-state index contributed by atoms with van der Waals surface area (Å²) < 4.78 is 53.1. The standard InChI is InChI=1S/C14H15F4N3/c1-8-10(7-21(3)20-8)13(19-2)9-4-5-11(12(15)6-9)14(16,17)18/h4-7,13,19H,1-3H3. The van der Waals surface area contributed by atoms with Crippen LogP contribution in [0, 0.1) is 12.7 Å². The number of alkyl halides is 3. The van der Waals surface area contributed by atoms with Gasteiger partial charge >= 0.3 is 6.18 Å².